The van der Waals surface area contributed by atoms with E-state index in [1.165, 1.54) is 0 Å². The molecule has 3 N–H and O–H groups in total. The number of carbonyl (C=O) groups excluding carboxylic acids is 2. The van der Waals surface area contributed by atoms with Crippen LogP contribution in [0.3, 0.4) is 0 Å². The van der Waals surface area contributed by atoms with Crippen molar-refractivity contribution in [2.45, 2.75) is 31.6 Å². The first-order valence-corrected chi connectivity index (χ1v) is 10.0. The van der Waals surface area contributed by atoms with E-state index in [0.29, 0.717) is 10.0 Å². The zero-order valence-corrected chi connectivity index (χ0v) is 17.9. The van der Waals surface area contributed by atoms with Gasteiger partial charge in [-0.2, -0.15) is 0 Å². The first-order chi connectivity index (χ1) is 14.2. The molecule has 0 aliphatic rings. The topological polar surface area (TPSA) is 95.9 Å². The van der Waals surface area contributed by atoms with Crippen LogP contribution in [0, 0.1) is 0 Å². The number of esters is 1. The molecule has 0 fully saturated rings. The van der Waals surface area contributed by atoms with Crippen LogP contribution in [-0.2, 0) is 20.7 Å². The molecule has 0 saturated carbocycles. The summed E-state index contributed by atoms with van der Waals surface area (Å²) < 4.78 is 4.74. The fourth-order valence-electron chi connectivity index (χ4n) is 2.89. The van der Waals surface area contributed by atoms with Crippen molar-refractivity contribution in [1.82, 2.24) is 5.32 Å². The molecule has 2 aromatic rings. The van der Waals surface area contributed by atoms with Crippen molar-refractivity contribution < 1.29 is 24.5 Å². The normalized spacial score (nSPS) is 13.8. The van der Waals surface area contributed by atoms with Gasteiger partial charge in [0, 0.05) is 10.0 Å². The Morgan fingerprint density at radius 3 is 2.23 bits per heavy atom. The third-order valence-corrected chi connectivity index (χ3v) is 4.82. The van der Waals surface area contributed by atoms with Gasteiger partial charge in [0.25, 0.3) is 0 Å². The van der Waals surface area contributed by atoms with Crippen molar-refractivity contribution >= 4 is 35.1 Å². The summed E-state index contributed by atoms with van der Waals surface area (Å²) in [4.78, 5) is 23.5. The molecule has 0 bridgehead atoms. The largest absolute Gasteiger partial charge is 0.464 e. The maximum atomic E-state index is 11.8. The molecule has 8 heteroatoms. The molecular formula is C22H23Cl2NO5. The van der Waals surface area contributed by atoms with Crippen molar-refractivity contribution in [3.05, 3.63) is 70.7 Å². The van der Waals surface area contributed by atoms with E-state index in [-0.39, 0.29) is 13.0 Å². The average molecular weight is 452 g/mol. The second-order valence-electron chi connectivity index (χ2n) is 6.57. The Balaban J connectivity index is 2.21. The highest BCUT2D eigenvalue weighted by Crippen LogP contribution is 2.27. The van der Waals surface area contributed by atoms with Gasteiger partial charge in [-0.3, -0.25) is 4.79 Å². The molecule has 160 valence electrons. The van der Waals surface area contributed by atoms with Crippen molar-refractivity contribution in [2.75, 3.05) is 6.61 Å². The maximum Gasteiger partial charge on any atom is 0.337 e. The Hall–Kier alpha value is -2.38. The first kappa shape index (κ1) is 23.9. The maximum absolute atomic E-state index is 11.8. The molecule has 0 radical (unpaired) electrons. The lowest BCUT2D eigenvalue weighted by molar-refractivity contribution is -0.160. The number of aliphatic hydroxyl groups is 2. The molecule has 0 unspecified atom stereocenters. The molecule has 1 amide bonds. The molecule has 2 rings (SSSR count). The number of hydrogen-bond donors (Lipinski definition) is 3. The van der Waals surface area contributed by atoms with E-state index < -0.39 is 30.1 Å². The van der Waals surface area contributed by atoms with Crippen LogP contribution in [0.25, 0.3) is 11.1 Å². The third-order valence-electron chi connectivity index (χ3n) is 4.38. The highest BCUT2D eigenvalue weighted by atomic mass is 35.5. The van der Waals surface area contributed by atoms with E-state index in [1.54, 1.807) is 37.3 Å². The van der Waals surface area contributed by atoms with E-state index in [0.717, 1.165) is 22.8 Å². The lowest BCUT2D eigenvalue weighted by Gasteiger charge is -2.26. The lowest BCUT2D eigenvalue weighted by Crippen LogP contribution is -2.52. The number of amides is 1. The molecule has 0 aliphatic carbocycles. The van der Waals surface area contributed by atoms with Crippen LogP contribution in [0.15, 0.2) is 55.1 Å². The highest BCUT2D eigenvalue weighted by Gasteiger charge is 2.33. The zero-order valence-electron chi connectivity index (χ0n) is 16.3. The molecule has 3 atom stereocenters. The number of benzene rings is 2. The molecule has 0 heterocycles. The monoisotopic (exact) mass is 451 g/mol. The van der Waals surface area contributed by atoms with Crippen LogP contribution >= 0.6 is 23.2 Å². The van der Waals surface area contributed by atoms with Crippen LogP contribution in [0.5, 0.6) is 0 Å². The molecule has 0 aromatic heterocycles. The smallest absolute Gasteiger partial charge is 0.337 e. The summed E-state index contributed by atoms with van der Waals surface area (Å²) in [6.45, 7) is 5.02. The summed E-state index contributed by atoms with van der Waals surface area (Å²) >= 11 is 12.1. The van der Waals surface area contributed by atoms with Crippen molar-refractivity contribution in [2.24, 2.45) is 0 Å². The first-order valence-electron chi connectivity index (χ1n) is 9.26. The Bertz CT molecular complexity index is 881. The van der Waals surface area contributed by atoms with Gasteiger partial charge in [0.05, 0.1) is 12.6 Å². The van der Waals surface area contributed by atoms with Crippen LogP contribution in [0.4, 0.5) is 0 Å². The number of hydrogen-bond acceptors (Lipinski definition) is 5. The second kappa shape index (κ2) is 11.1. The molecule has 0 saturated heterocycles. The van der Waals surface area contributed by atoms with Crippen LogP contribution in [0.1, 0.15) is 12.5 Å². The number of halogens is 2. The van der Waals surface area contributed by atoms with E-state index >= 15 is 0 Å². The Morgan fingerprint density at radius 1 is 1.10 bits per heavy atom. The van der Waals surface area contributed by atoms with Gasteiger partial charge in [0.2, 0.25) is 5.91 Å². The van der Waals surface area contributed by atoms with E-state index in [4.69, 9.17) is 27.9 Å². The predicted molar refractivity (Wildman–Crippen MR) is 116 cm³/mol. The van der Waals surface area contributed by atoms with Gasteiger partial charge in [-0.25, -0.2) is 4.79 Å². The summed E-state index contributed by atoms with van der Waals surface area (Å²) in [6.07, 6.45) is -2.16. The fraction of sp³-hybridized carbons (Fsp3) is 0.273. The number of rotatable bonds is 9. The van der Waals surface area contributed by atoms with Gasteiger partial charge in [-0.1, -0.05) is 54.0 Å². The molecule has 2 aromatic carbocycles. The molecule has 6 nitrogen and oxygen atoms in total. The minimum Gasteiger partial charge on any atom is -0.464 e. The Morgan fingerprint density at radius 2 is 1.70 bits per heavy atom. The van der Waals surface area contributed by atoms with Gasteiger partial charge in [-0.15, -0.1) is 0 Å². The molecule has 30 heavy (non-hydrogen) atoms. The summed E-state index contributed by atoms with van der Waals surface area (Å²) in [5.41, 5.74) is 2.48. The predicted octanol–water partition coefficient (Wildman–Crippen LogP) is 3.16. The number of nitrogens with one attached hydrogen (secondary N) is 1. The Labute approximate surface area is 185 Å². The van der Waals surface area contributed by atoms with Crippen molar-refractivity contribution in [3.63, 3.8) is 0 Å². The summed E-state index contributed by atoms with van der Waals surface area (Å²) in [7, 11) is 0. The number of ether oxygens (including phenoxy) is 1. The molecule has 0 aliphatic heterocycles. The summed E-state index contributed by atoms with van der Waals surface area (Å²) in [5, 5.41) is 24.1. The van der Waals surface area contributed by atoms with E-state index in [2.05, 4.69) is 11.9 Å². The van der Waals surface area contributed by atoms with Gasteiger partial charge in [-0.05, 0) is 54.3 Å². The lowest BCUT2D eigenvalue weighted by atomic mass is 9.96. The standard InChI is InChI=1S/C22H23Cl2NO5/c1-3-19(26)25-18(20(27)21(28)22(29)30-4-2)9-13-5-7-14(8-6-13)15-10-16(23)12-17(24)11-15/h3,5-8,10-12,18,20-21,27-28H,1,4,9H2,2H3,(H,25,26)/t18-,20-,21+/m1/s1. The van der Waals surface area contributed by atoms with Crippen LogP contribution in [0.2, 0.25) is 10.0 Å². The minimum atomic E-state index is -1.80. The van der Waals surface area contributed by atoms with Crippen LogP contribution < -0.4 is 5.32 Å². The number of aliphatic hydroxyl groups excluding tert-OH is 2. The van der Waals surface area contributed by atoms with Gasteiger partial charge < -0.3 is 20.3 Å². The van der Waals surface area contributed by atoms with E-state index in [1.807, 2.05) is 12.1 Å². The SMILES string of the molecule is C=CC(=O)N[C@H](Cc1ccc(-c2cc(Cl)cc(Cl)c2)cc1)[C@@H](O)[C@H](O)C(=O)OCC. The third kappa shape index (κ3) is 6.57. The summed E-state index contributed by atoms with van der Waals surface area (Å²) in [5.74, 6) is -1.50. The van der Waals surface area contributed by atoms with Gasteiger partial charge >= 0.3 is 5.97 Å². The van der Waals surface area contributed by atoms with E-state index in [9.17, 15) is 19.8 Å². The minimum absolute atomic E-state index is 0.0568. The van der Waals surface area contributed by atoms with Gasteiger partial charge in [0.15, 0.2) is 6.10 Å². The average Bonchev–Trinajstić information content (AvgIpc) is 2.72. The van der Waals surface area contributed by atoms with Crippen molar-refractivity contribution in [3.8, 4) is 11.1 Å². The van der Waals surface area contributed by atoms with Crippen molar-refractivity contribution in [1.29, 1.82) is 0 Å². The second-order valence-corrected chi connectivity index (χ2v) is 7.44. The highest BCUT2D eigenvalue weighted by molar-refractivity contribution is 6.35. The van der Waals surface area contributed by atoms with Crippen LogP contribution in [-0.4, -0.2) is 46.9 Å². The quantitative estimate of drug-likeness (QED) is 0.401. The zero-order chi connectivity index (χ0) is 22.3. The van der Waals surface area contributed by atoms with Gasteiger partial charge in [0.1, 0.15) is 6.10 Å². The molecule has 0 spiro atoms. The Kier molecular flexibility index (Phi) is 8.87. The summed E-state index contributed by atoms with van der Waals surface area (Å²) in [6, 6.07) is 11.6. The number of carbonyl (C=O) groups is 2. The fourth-order valence-corrected chi connectivity index (χ4v) is 3.42. The molecular weight excluding hydrogens is 429 g/mol.